The molecule has 2 rings (SSSR count). The van der Waals surface area contributed by atoms with Gasteiger partial charge in [0.25, 0.3) is 0 Å². The Kier molecular flexibility index (Phi) is 5.26. The fourth-order valence-electron chi connectivity index (χ4n) is 2.51. The highest BCUT2D eigenvalue weighted by atomic mass is 35.5. The molecule has 0 saturated carbocycles. The van der Waals surface area contributed by atoms with Crippen molar-refractivity contribution in [1.82, 2.24) is 15.1 Å². The summed E-state index contributed by atoms with van der Waals surface area (Å²) in [4.78, 5) is 0. The van der Waals surface area contributed by atoms with Gasteiger partial charge < -0.3 is 10.1 Å². The molecule has 1 heterocycles. The fourth-order valence-corrected chi connectivity index (χ4v) is 2.72. The Bertz CT molecular complexity index is 610. The third-order valence-corrected chi connectivity index (χ3v) is 3.78. The number of hydrogen-bond acceptors (Lipinski definition) is 3. The zero-order valence-electron chi connectivity index (χ0n) is 13.0. The first-order valence-corrected chi connectivity index (χ1v) is 7.43. The third-order valence-electron chi connectivity index (χ3n) is 3.54. The number of nitrogens with one attached hydrogen (secondary N) is 1. The van der Waals surface area contributed by atoms with Crippen molar-refractivity contribution >= 4 is 11.6 Å². The standard InChI is InChI=1S/C16H22ClN3O/c1-11(8-13-6-5-7-14(17)9-13)18-10-15-12(2)19-20(3)16(15)21-4/h5-7,9,11,18H,8,10H2,1-4H3. The lowest BCUT2D eigenvalue weighted by Gasteiger charge is -2.14. The van der Waals surface area contributed by atoms with E-state index < -0.39 is 0 Å². The monoisotopic (exact) mass is 307 g/mol. The number of aryl methyl sites for hydroxylation is 2. The molecule has 5 heteroatoms. The lowest BCUT2D eigenvalue weighted by atomic mass is 10.1. The van der Waals surface area contributed by atoms with Gasteiger partial charge in [0.2, 0.25) is 5.88 Å². The van der Waals surface area contributed by atoms with Crippen molar-refractivity contribution in [2.45, 2.75) is 32.9 Å². The predicted molar refractivity (Wildman–Crippen MR) is 86.0 cm³/mol. The Hall–Kier alpha value is -1.52. The highest BCUT2D eigenvalue weighted by Crippen LogP contribution is 2.21. The van der Waals surface area contributed by atoms with Gasteiger partial charge in [0.05, 0.1) is 18.4 Å². The lowest BCUT2D eigenvalue weighted by molar-refractivity contribution is 0.367. The van der Waals surface area contributed by atoms with Gasteiger partial charge in [-0.2, -0.15) is 5.10 Å². The summed E-state index contributed by atoms with van der Waals surface area (Å²) in [5, 5.41) is 8.69. The first-order chi connectivity index (χ1) is 10.0. The molecule has 0 amide bonds. The molecule has 1 aromatic heterocycles. The van der Waals surface area contributed by atoms with Crippen LogP contribution in [0.4, 0.5) is 0 Å². The van der Waals surface area contributed by atoms with Crippen LogP contribution in [0, 0.1) is 6.92 Å². The number of nitrogens with zero attached hydrogens (tertiary/aromatic N) is 2. The van der Waals surface area contributed by atoms with Gasteiger partial charge in [0.15, 0.2) is 0 Å². The molecule has 1 atom stereocenters. The van der Waals surface area contributed by atoms with E-state index in [0.717, 1.165) is 35.1 Å². The summed E-state index contributed by atoms with van der Waals surface area (Å²) < 4.78 is 7.18. The van der Waals surface area contributed by atoms with Crippen molar-refractivity contribution < 1.29 is 4.74 Å². The molecule has 1 N–H and O–H groups in total. The summed E-state index contributed by atoms with van der Waals surface area (Å²) in [7, 11) is 3.57. The third kappa shape index (κ3) is 3.99. The summed E-state index contributed by atoms with van der Waals surface area (Å²) in [6.45, 7) is 4.91. The van der Waals surface area contributed by atoms with Crippen molar-refractivity contribution in [3.8, 4) is 5.88 Å². The normalized spacial score (nSPS) is 12.4. The summed E-state index contributed by atoms with van der Waals surface area (Å²) >= 11 is 6.02. The molecule has 0 fully saturated rings. The number of methoxy groups -OCH3 is 1. The van der Waals surface area contributed by atoms with Crippen molar-refractivity contribution in [1.29, 1.82) is 0 Å². The van der Waals surface area contributed by atoms with Crippen molar-refractivity contribution in [2.24, 2.45) is 7.05 Å². The molecule has 114 valence electrons. The lowest BCUT2D eigenvalue weighted by Crippen LogP contribution is -2.27. The van der Waals surface area contributed by atoms with E-state index in [2.05, 4.69) is 23.4 Å². The Morgan fingerprint density at radius 2 is 2.19 bits per heavy atom. The summed E-state index contributed by atoms with van der Waals surface area (Å²) in [6.07, 6.45) is 0.933. The van der Waals surface area contributed by atoms with Crippen LogP contribution in [0.25, 0.3) is 0 Å². The van der Waals surface area contributed by atoms with Crippen molar-refractivity contribution in [2.75, 3.05) is 7.11 Å². The second kappa shape index (κ2) is 6.96. The average molecular weight is 308 g/mol. The van der Waals surface area contributed by atoms with Crippen molar-refractivity contribution in [3.63, 3.8) is 0 Å². The molecule has 4 nitrogen and oxygen atoms in total. The van der Waals surface area contributed by atoms with Gasteiger partial charge in [-0.25, -0.2) is 4.68 Å². The zero-order chi connectivity index (χ0) is 15.4. The molecule has 0 aliphatic carbocycles. The highest BCUT2D eigenvalue weighted by molar-refractivity contribution is 6.30. The van der Waals surface area contributed by atoms with Crippen LogP contribution >= 0.6 is 11.6 Å². The first-order valence-electron chi connectivity index (χ1n) is 7.05. The van der Waals surface area contributed by atoms with E-state index in [1.54, 1.807) is 11.8 Å². The maximum absolute atomic E-state index is 6.02. The maximum Gasteiger partial charge on any atom is 0.216 e. The summed E-state index contributed by atoms with van der Waals surface area (Å²) in [5.74, 6) is 0.815. The van der Waals surface area contributed by atoms with Crippen molar-refractivity contribution in [3.05, 3.63) is 46.1 Å². The molecular weight excluding hydrogens is 286 g/mol. The van der Waals surface area contributed by atoms with Gasteiger partial charge >= 0.3 is 0 Å². The number of aromatic nitrogens is 2. The number of rotatable bonds is 6. The van der Waals surface area contributed by atoms with Gasteiger partial charge in [-0.05, 0) is 38.0 Å². The number of benzene rings is 1. The van der Waals surface area contributed by atoms with E-state index in [0.29, 0.717) is 6.04 Å². The Morgan fingerprint density at radius 1 is 1.43 bits per heavy atom. The van der Waals surface area contributed by atoms with Crippen LogP contribution < -0.4 is 10.1 Å². The minimum Gasteiger partial charge on any atom is -0.481 e. The molecule has 1 unspecified atom stereocenters. The molecule has 2 aromatic rings. The van der Waals surface area contributed by atoms with E-state index in [4.69, 9.17) is 16.3 Å². The SMILES string of the molecule is COc1c(CNC(C)Cc2cccc(Cl)c2)c(C)nn1C. The molecule has 1 aromatic carbocycles. The van der Waals surface area contributed by atoms with Gasteiger partial charge in [-0.3, -0.25) is 0 Å². The van der Waals surface area contributed by atoms with Crippen LogP contribution in [-0.2, 0) is 20.0 Å². The number of hydrogen-bond donors (Lipinski definition) is 1. The number of ether oxygens (including phenoxy) is 1. The fraction of sp³-hybridized carbons (Fsp3) is 0.438. The highest BCUT2D eigenvalue weighted by Gasteiger charge is 2.14. The van der Waals surface area contributed by atoms with Crippen LogP contribution in [0.15, 0.2) is 24.3 Å². The van der Waals surface area contributed by atoms with Gasteiger partial charge in [-0.15, -0.1) is 0 Å². The Labute approximate surface area is 131 Å². The largest absolute Gasteiger partial charge is 0.481 e. The Balaban J connectivity index is 1.97. The minimum absolute atomic E-state index is 0.341. The van der Waals surface area contributed by atoms with E-state index >= 15 is 0 Å². The minimum atomic E-state index is 0.341. The molecule has 0 bridgehead atoms. The van der Waals surface area contributed by atoms with Crippen LogP contribution in [0.2, 0.25) is 5.02 Å². The molecule has 0 aliphatic rings. The summed E-state index contributed by atoms with van der Waals surface area (Å²) in [5.41, 5.74) is 3.34. The molecule has 0 aliphatic heterocycles. The van der Waals surface area contributed by atoms with E-state index in [9.17, 15) is 0 Å². The van der Waals surface area contributed by atoms with E-state index in [-0.39, 0.29) is 0 Å². The molecule has 0 radical (unpaired) electrons. The number of halogens is 1. The van der Waals surface area contributed by atoms with Crippen LogP contribution in [0.3, 0.4) is 0 Å². The second-order valence-electron chi connectivity index (χ2n) is 5.31. The topological polar surface area (TPSA) is 39.1 Å². The van der Waals surface area contributed by atoms with Gasteiger partial charge in [0, 0.05) is 24.7 Å². The average Bonchev–Trinajstić information content (AvgIpc) is 2.70. The second-order valence-corrected chi connectivity index (χ2v) is 5.75. The molecule has 21 heavy (non-hydrogen) atoms. The van der Waals surface area contributed by atoms with Crippen LogP contribution in [-0.4, -0.2) is 22.9 Å². The zero-order valence-corrected chi connectivity index (χ0v) is 13.7. The maximum atomic E-state index is 6.02. The van der Waals surface area contributed by atoms with Gasteiger partial charge in [0.1, 0.15) is 0 Å². The predicted octanol–water partition coefficient (Wildman–Crippen LogP) is 3.11. The molecular formula is C16H22ClN3O. The van der Waals surface area contributed by atoms with E-state index in [1.165, 1.54) is 5.56 Å². The molecule has 0 saturated heterocycles. The summed E-state index contributed by atoms with van der Waals surface area (Å²) in [6, 6.07) is 8.33. The Morgan fingerprint density at radius 3 is 2.86 bits per heavy atom. The van der Waals surface area contributed by atoms with Crippen LogP contribution in [0.5, 0.6) is 5.88 Å². The smallest absolute Gasteiger partial charge is 0.216 e. The first kappa shape index (κ1) is 15.9. The van der Waals surface area contributed by atoms with Crippen LogP contribution in [0.1, 0.15) is 23.7 Å². The van der Waals surface area contributed by atoms with E-state index in [1.807, 2.05) is 32.2 Å². The van der Waals surface area contributed by atoms with Gasteiger partial charge in [-0.1, -0.05) is 23.7 Å². The quantitative estimate of drug-likeness (QED) is 0.891. The molecule has 0 spiro atoms.